The van der Waals surface area contributed by atoms with Crippen LogP contribution in [-0.2, 0) is 39.9 Å². The van der Waals surface area contributed by atoms with Gasteiger partial charge >= 0.3 is 5.97 Å². The number of carboxylic acid groups (broad SMARTS) is 1. The highest BCUT2D eigenvalue weighted by atomic mass is 16.5. The van der Waals surface area contributed by atoms with Crippen LogP contribution in [0.1, 0.15) is 78.7 Å². The van der Waals surface area contributed by atoms with Crippen molar-refractivity contribution >= 4 is 29.6 Å². The lowest BCUT2D eigenvalue weighted by Crippen LogP contribution is -2.55. The van der Waals surface area contributed by atoms with E-state index in [0.29, 0.717) is 25.9 Å². The zero-order chi connectivity index (χ0) is 40.5. The Morgan fingerprint density at radius 2 is 1.67 bits per heavy atom. The first kappa shape index (κ1) is 46.6. The number of hydrogen-bond donors (Lipinski definition) is 4. The number of nitrogens with zero attached hydrogens (tertiary/aromatic N) is 3. The number of methoxy groups -OCH3 is 2. The van der Waals surface area contributed by atoms with Crippen LogP contribution in [0.4, 0.5) is 0 Å². The molecule has 4 unspecified atom stereocenters. The summed E-state index contributed by atoms with van der Waals surface area (Å²) in [6.45, 7) is 11.3. The molecule has 54 heavy (non-hydrogen) atoms. The lowest BCUT2D eigenvalue weighted by Gasteiger charge is -2.39. The summed E-state index contributed by atoms with van der Waals surface area (Å²) in [6.07, 6.45) is 2.57. The molecule has 0 bridgehead atoms. The maximum Gasteiger partial charge on any atom is 0.326 e. The topological polar surface area (TPSA) is 184 Å². The van der Waals surface area contributed by atoms with Gasteiger partial charge in [0, 0.05) is 34.2 Å². The quantitative estimate of drug-likeness (QED) is 0.114. The summed E-state index contributed by atoms with van der Waals surface area (Å²) < 4.78 is 11.8. The molecular weight excluding hydrogens is 692 g/mol. The number of amides is 4. The van der Waals surface area contributed by atoms with Gasteiger partial charge < -0.3 is 40.7 Å². The van der Waals surface area contributed by atoms with Gasteiger partial charge in [0.2, 0.25) is 23.6 Å². The van der Waals surface area contributed by atoms with Crippen LogP contribution in [0, 0.1) is 17.8 Å². The smallest absolute Gasteiger partial charge is 0.326 e. The van der Waals surface area contributed by atoms with Crippen molar-refractivity contribution in [2.45, 2.75) is 116 Å². The van der Waals surface area contributed by atoms with E-state index in [1.807, 2.05) is 70.0 Å². The molecule has 1 aromatic carbocycles. The maximum atomic E-state index is 14.1. The van der Waals surface area contributed by atoms with Crippen LogP contribution in [0.5, 0.6) is 0 Å². The number of carbonyl (C=O) groups excluding carboxylic acids is 4. The molecule has 1 aliphatic heterocycles. The molecule has 4 amide bonds. The number of aliphatic carboxylic acids is 1. The molecular formula is C40H68N6O8. The van der Waals surface area contributed by atoms with Crippen LogP contribution in [-0.4, -0.2) is 140 Å². The highest BCUT2D eigenvalue weighted by molar-refractivity contribution is 5.88. The molecule has 5 N–H and O–H groups in total. The van der Waals surface area contributed by atoms with Crippen molar-refractivity contribution in [2.75, 3.05) is 54.5 Å². The van der Waals surface area contributed by atoms with E-state index in [1.165, 1.54) is 14.2 Å². The molecule has 1 aliphatic rings. The maximum absolute atomic E-state index is 14.1. The van der Waals surface area contributed by atoms with E-state index < -0.39 is 54.2 Å². The van der Waals surface area contributed by atoms with Gasteiger partial charge in [-0.05, 0) is 63.2 Å². The van der Waals surface area contributed by atoms with Crippen LogP contribution in [0.3, 0.4) is 0 Å². The Hall–Kier alpha value is -3.59. The third kappa shape index (κ3) is 13.3. The summed E-state index contributed by atoms with van der Waals surface area (Å²) in [5.74, 6) is -3.06. The van der Waals surface area contributed by atoms with Crippen molar-refractivity contribution in [1.82, 2.24) is 25.3 Å². The zero-order valence-electron chi connectivity index (χ0n) is 34.1. The highest BCUT2D eigenvalue weighted by Gasteiger charge is 2.42. The largest absolute Gasteiger partial charge is 0.480 e. The van der Waals surface area contributed by atoms with E-state index in [0.717, 1.165) is 31.4 Å². The number of nitrogens with two attached hydrogens (primary N) is 1. The van der Waals surface area contributed by atoms with Crippen molar-refractivity contribution in [3.8, 4) is 0 Å². The molecule has 1 saturated heterocycles. The number of carbonyl (C=O) groups is 5. The first-order valence-electron chi connectivity index (χ1n) is 19.5. The number of rotatable bonds is 24. The Balaban J connectivity index is 2.16. The minimum atomic E-state index is -1.14. The minimum Gasteiger partial charge on any atom is -0.480 e. The Labute approximate surface area is 322 Å². The van der Waals surface area contributed by atoms with Gasteiger partial charge in [0.1, 0.15) is 6.04 Å². The number of ether oxygens (including phenoxy) is 2. The third-order valence-electron chi connectivity index (χ3n) is 11.0. The number of likely N-dealkylation sites (N-methyl/N-ethyl adjacent to an activating group) is 2. The van der Waals surface area contributed by atoms with Crippen molar-refractivity contribution in [3.05, 3.63) is 35.9 Å². The van der Waals surface area contributed by atoms with Gasteiger partial charge in [-0.1, -0.05) is 71.4 Å². The molecule has 0 radical (unpaired) electrons. The number of benzene rings is 1. The van der Waals surface area contributed by atoms with Gasteiger partial charge in [-0.3, -0.25) is 24.1 Å². The van der Waals surface area contributed by atoms with Crippen LogP contribution < -0.4 is 16.4 Å². The molecule has 0 aromatic heterocycles. The Morgan fingerprint density at radius 3 is 2.22 bits per heavy atom. The van der Waals surface area contributed by atoms with Gasteiger partial charge in [-0.25, -0.2) is 4.79 Å². The second kappa shape index (κ2) is 23.4. The average molecular weight is 761 g/mol. The first-order valence-corrected chi connectivity index (χ1v) is 19.5. The van der Waals surface area contributed by atoms with E-state index in [-0.39, 0.29) is 48.9 Å². The minimum absolute atomic E-state index is 0.00974. The van der Waals surface area contributed by atoms with Crippen LogP contribution in [0.15, 0.2) is 30.3 Å². The van der Waals surface area contributed by atoms with Gasteiger partial charge in [0.25, 0.3) is 0 Å². The van der Waals surface area contributed by atoms with Crippen molar-refractivity contribution in [2.24, 2.45) is 23.5 Å². The summed E-state index contributed by atoms with van der Waals surface area (Å²) in [4.78, 5) is 71.8. The number of hydrogen-bond acceptors (Lipinski definition) is 9. The number of carboxylic acids is 1. The fourth-order valence-corrected chi connectivity index (χ4v) is 7.73. The summed E-state index contributed by atoms with van der Waals surface area (Å²) in [6, 6.07) is 6.68. The van der Waals surface area contributed by atoms with E-state index in [1.54, 1.807) is 23.8 Å². The highest BCUT2D eigenvalue weighted by Crippen LogP contribution is 2.29. The van der Waals surface area contributed by atoms with E-state index >= 15 is 0 Å². The average Bonchev–Trinajstić information content (AvgIpc) is 3.63. The Bertz CT molecular complexity index is 1330. The second-order valence-electron chi connectivity index (χ2n) is 15.1. The molecule has 0 aliphatic carbocycles. The Kier molecular flexibility index (Phi) is 20.1. The van der Waals surface area contributed by atoms with Crippen molar-refractivity contribution in [1.29, 1.82) is 0 Å². The third-order valence-corrected chi connectivity index (χ3v) is 11.0. The van der Waals surface area contributed by atoms with Gasteiger partial charge in [0.15, 0.2) is 0 Å². The monoisotopic (exact) mass is 761 g/mol. The normalized spacial score (nSPS) is 18.4. The van der Waals surface area contributed by atoms with Gasteiger partial charge in [0.05, 0.1) is 49.2 Å². The van der Waals surface area contributed by atoms with E-state index in [2.05, 4.69) is 10.6 Å². The molecule has 2 rings (SSSR count). The SMILES string of the molecule is CCC(C)C(C(CC(=O)N1CCC[C@H]1[C@H](OC)[C@@H](C)C(=O)N[C@@H](Cc1ccccc1)C(=O)O)OC)N(C)C(=O)CNC(=O)C(C(C)C)N(C)CCCCN. The zero-order valence-corrected chi connectivity index (χ0v) is 34.1. The summed E-state index contributed by atoms with van der Waals surface area (Å²) >= 11 is 0. The molecule has 0 spiro atoms. The van der Waals surface area contributed by atoms with Crippen molar-refractivity contribution < 1.29 is 38.6 Å². The second-order valence-corrected chi connectivity index (χ2v) is 15.1. The predicted octanol–water partition coefficient (Wildman–Crippen LogP) is 2.53. The fourth-order valence-electron chi connectivity index (χ4n) is 7.73. The summed E-state index contributed by atoms with van der Waals surface area (Å²) in [5, 5.41) is 15.4. The van der Waals surface area contributed by atoms with E-state index in [9.17, 15) is 29.1 Å². The number of likely N-dealkylation sites (tertiary alicyclic amines) is 1. The number of nitrogens with one attached hydrogen (secondary N) is 2. The molecule has 8 atom stereocenters. The lowest BCUT2D eigenvalue weighted by molar-refractivity contribution is -0.147. The van der Waals surface area contributed by atoms with Crippen LogP contribution >= 0.6 is 0 Å². The number of unbranched alkanes of at least 4 members (excludes halogenated alkanes) is 1. The van der Waals surface area contributed by atoms with Crippen LogP contribution in [0.2, 0.25) is 0 Å². The van der Waals surface area contributed by atoms with Gasteiger partial charge in [-0.2, -0.15) is 0 Å². The molecule has 14 heteroatoms. The van der Waals surface area contributed by atoms with Gasteiger partial charge in [-0.15, -0.1) is 0 Å². The molecule has 14 nitrogen and oxygen atoms in total. The summed E-state index contributed by atoms with van der Waals surface area (Å²) in [5.41, 5.74) is 6.43. The molecule has 1 aromatic rings. The predicted molar refractivity (Wildman–Crippen MR) is 208 cm³/mol. The molecule has 1 heterocycles. The molecule has 1 fully saturated rings. The standard InChI is InChI=1S/C40H68N6O8/c1-10-27(4)36(45(7)34(48)25-42-39(50)35(26(2)3)44(6)21-15-14-20-41)32(53-8)24-33(47)46-22-16-19-31(46)37(54-9)28(5)38(49)43-30(40(51)52)23-29-17-12-11-13-18-29/h11-13,17-18,26-28,30-32,35-37H,10,14-16,19-25,41H2,1-9H3,(H,42,50)(H,43,49)(H,51,52)/t27?,28-,30+,31+,32?,35?,36?,37-/m1/s1. The van der Waals surface area contributed by atoms with Crippen molar-refractivity contribution in [3.63, 3.8) is 0 Å². The lowest BCUT2D eigenvalue weighted by atomic mass is 9.90. The first-order chi connectivity index (χ1) is 25.6. The molecule has 306 valence electrons. The van der Waals surface area contributed by atoms with Crippen LogP contribution in [0.25, 0.3) is 0 Å². The Morgan fingerprint density at radius 1 is 1.00 bits per heavy atom. The summed E-state index contributed by atoms with van der Waals surface area (Å²) in [7, 11) is 6.61. The molecule has 0 saturated carbocycles. The van der Waals surface area contributed by atoms with E-state index in [4.69, 9.17) is 15.2 Å². The fraction of sp³-hybridized carbons (Fsp3) is 0.725.